The molecule has 0 amide bonds. The van der Waals surface area contributed by atoms with Crippen LogP contribution in [0.3, 0.4) is 0 Å². The summed E-state index contributed by atoms with van der Waals surface area (Å²) in [6, 6.07) is 5.29. The van der Waals surface area contributed by atoms with Gasteiger partial charge >= 0.3 is 5.97 Å². The second-order valence-electron chi connectivity index (χ2n) is 4.37. The van der Waals surface area contributed by atoms with Crippen molar-refractivity contribution >= 4 is 39.6 Å². The zero-order valence-electron chi connectivity index (χ0n) is 12.0. The summed E-state index contributed by atoms with van der Waals surface area (Å²) >= 11 is 3.33. The molecule has 1 N–H and O–H groups in total. The minimum Gasteiger partial charge on any atom is -0.512 e. The number of carbonyl (C=O) groups excluding carboxylic acids is 2. The van der Waals surface area contributed by atoms with Crippen LogP contribution in [0, 0.1) is 0 Å². The Morgan fingerprint density at radius 1 is 1.33 bits per heavy atom. The van der Waals surface area contributed by atoms with Gasteiger partial charge in [-0.3, -0.25) is 14.6 Å². The number of ketones is 1. The third-order valence-corrected chi connectivity index (χ3v) is 3.07. The predicted octanol–water partition coefficient (Wildman–Crippen LogP) is 3.64. The van der Waals surface area contributed by atoms with Gasteiger partial charge in [0, 0.05) is 23.2 Å². The lowest BCUT2D eigenvalue weighted by Gasteiger charge is -2.07. The van der Waals surface area contributed by atoms with Gasteiger partial charge in [0.1, 0.15) is 12.4 Å². The molecular formula is C15H16BrNO4. The van der Waals surface area contributed by atoms with Crippen LogP contribution in [0.4, 0.5) is 5.69 Å². The van der Waals surface area contributed by atoms with Gasteiger partial charge in [0.25, 0.3) is 0 Å². The number of halogens is 1. The minimum atomic E-state index is -0.388. The lowest BCUT2D eigenvalue weighted by atomic mass is 10.1. The Balaban J connectivity index is 3.10. The summed E-state index contributed by atoms with van der Waals surface area (Å²) in [6.07, 6.45) is 1.30. The third kappa shape index (κ3) is 5.51. The second-order valence-corrected chi connectivity index (χ2v) is 5.28. The molecule has 0 aromatic heterocycles. The first-order valence-electron chi connectivity index (χ1n) is 6.18. The van der Waals surface area contributed by atoms with E-state index < -0.39 is 0 Å². The van der Waals surface area contributed by atoms with Crippen LogP contribution in [0.15, 0.2) is 39.0 Å². The molecule has 0 saturated heterocycles. The van der Waals surface area contributed by atoms with E-state index in [-0.39, 0.29) is 29.7 Å². The van der Waals surface area contributed by atoms with E-state index in [0.29, 0.717) is 11.3 Å². The number of ether oxygens (including phenoxy) is 1. The van der Waals surface area contributed by atoms with Crippen LogP contribution in [0.1, 0.15) is 26.3 Å². The van der Waals surface area contributed by atoms with Crippen molar-refractivity contribution in [2.75, 3.05) is 0 Å². The lowest BCUT2D eigenvalue weighted by molar-refractivity contribution is -0.142. The summed E-state index contributed by atoms with van der Waals surface area (Å²) in [7, 11) is 0. The maximum absolute atomic E-state index is 11.4. The van der Waals surface area contributed by atoms with Crippen LogP contribution >= 0.6 is 15.9 Å². The first kappa shape index (κ1) is 17.1. The van der Waals surface area contributed by atoms with Gasteiger partial charge in [-0.1, -0.05) is 15.9 Å². The van der Waals surface area contributed by atoms with Crippen LogP contribution in [0.25, 0.3) is 0 Å². The fourth-order valence-electron chi connectivity index (χ4n) is 1.55. The van der Waals surface area contributed by atoms with Crippen LogP contribution in [-0.2, 0) is 20.9 Å². The highest BCUT2D eigenvalue weighted by Crippen LogP contribution is 2.24. The average molecular weight is 354 g/mol. The summed E-state index contributed by atoms with van der Waals surface area (Å²) in [5.74, 6) is -0.761. The van der Waals surface area contributed by atoms with E-state index in [9.17, 15) is 14.7 Å². The molecule has 112 valence electrons. The lowest BCUT2D eigenvalue weighted by Crippen LogP contribution is -2.02. The maximum atomic E-state index is 11.4. The number of aliphatic hydroxyl groups is 1. The molecule has 0 heterocycles. The normalized spacial score (nSPS) is 12.2. The number of hydrogen-bond acceptors (Lipinski definition) is 5. The van der Waals surface area contributed by atoms with Crippen LogP contribution in [0.2, 0.25) is 0 Å². The van der Waals surface area contributed by atoms with Crippen molar-refractivity contribution in [1.82, 2.24) is 0 Å². The van der Waals surface area contributed by atoms with E-state index in [1.807, 2.05) is 0 Å². The van der Waals surface area contributed by atoms with E-state index in [1.165, 1.54) is 27.0 Å². The second kappa shape index (κ2) is 7.73. The molecule has 5 nitrogen and oxygen atoms in total. The van der Waals surface area contributed by atoms with Gasteiger partial charge in [0.05, 0.1) is 11.3 Å². The van der Waals surface area contributed by atoms with Crippen molar-refractivity contribution < 1.29 is 19.4 Å². The number of aliphatic imine (C=N–C) groups is 1. The maximum Gasteiger partial charge on any atom is 0.302 e. The summed E-state index contributed by atoms with van der Waals surface area (Å²) < 4.78 is 5.79. The van der Waals surface area contributed by atoms with Crippen LogP contribution in [-0.4, -0.2) is 23.1 Å². The van der Waals surface area contributed by atoms with Crippen molar-refractivity contribution in [3.8, 4) is 0 Å². The number of allylic oxidation sites excluding steroid dienone is 2. The summed E-state index contributed by atoms with van der Waals surface area (Å²) in [4.78, 5) is 26.5. The molecule has 0 fully saturated rings. The molecule has 21 heavy (non-hydrogen) atoms. The van der Waals surface area contributed by atoms with Gasteiger partial charge < -0.3 is 9.84 Å². The number of hydrogen-bond donors (Lipinski definition) is 1. The van der Waals surface area contributed by atoms with E-state index in [4.69, 9.17) is 4.74 Å². The number of aliphatic hydroxyl groups excluding tert-OH is 1. The quantitative estimate of drug-likeness (QED) is 0.379. The smallest absolute Gasteiger partial charge is 0.302 e. The highest BCUT2D eigenvalue weighted by atomic mass is 79.9. The molecule has 0 radical (unpaired) electrons. The highest BCUT2D eigenvalue weighted by Gasteiger charge is 2.07. The van der Waals surface area contributed by atoms with E-state index in [0.717, 1.165) is 4.47 Å². The van der Waals surface area contributed by atoms with E-state index in [2.05, 4.69) is 20.9 Å². The van der Waals surface area contributed by atoms with Gasteiger partial charge in [-0.15, -0.1) is 0 Å². The zero-order valence-corrected chi connectivity index (χ0v) is 13.6. The molecule has 0 spiro atoms. The van der Waals surface area contributed by atoms with E-state index >= 15 is 0 Å². The molecular weight excluding hydrogens is 338 g/mol. The van der Waals surface area contributed by atoms with Gasteiger partial charge in [0.15, 0.2) is 5.78 Å². The Labute approximate surface area is 131 Å². The molecule has 1 aromatic carbocycles. The monoisotopic (exact) mass is 353 g/mol. The van der Waals surface area contributed by atoms with E-state index in [1.54, 1.807) is 18.2 Å². The summed E-state index contributed by atoms with van der Waals surface area (Å²) in [6.45, 7) is 4.18. The number of benzene rings is 1. The molecule has 0 aliphatic carbocycles. The summed E-state index contributed by atoms with van der Waals surface area (Å²) in [5.41, 5.74) is 1.38. The topological polar surface area (TPSA) is 76.0 Å². The number of rotatable bonds is 5. The fraction of sp³-hybridized carbons (Fsp3) is 0.267. The average Bonchev–Trinajstić information content (AvgIpc) is 2.37. The Morgan fingerprint density at radius 2 is 2.00 bits per heavy atom. The minimum absolute atomic E-state index is 0.0820. The van der Waals surface area contributed by atoms with Gasteiger partial charge in [-0.05, 0) is 32.0 Å². The Morgan fingerprint density at radius 3 is 2.52 bits per heavy atom. The molecule has 0 saturated carbocycles. The Hall–Kier alpha value is -1.95. The first-order valence-corrected chi connectivity index (χ1v) is 6.97. The molecule has 0 bridgehead atoms. The molecule has 0 aliphatic rings. The molecule has 1 rings (SSSR count). The van der Waals surface area contributed by atoms with Crippen molar-refractivity contribution in [3.05, 3.63) is 39.6 Å². The molecule has 0 unspecified atom stereocenters. The first-order chi connectivity index (χ1) is 9.81. The standard InChI is InChI=1S/C15H16BrNO4/c1-9(18)14(10(2)19)7-17-15-5-4-13(16)6-12(15)8-21-11(3)20/h4-7,18H,8H2,1-3H3. The van der Waals surface area contributed by atoms with Gasteiger partial charge in [-0.25, -0.2) is 0 Å². The number of Topliss-reactive ketones (excluding diaryl/α,β-unsaturated/α-hetero) is 1. The molecule has 1 aromatic rings. The van der Waals surface area contributed by atoms with Crippen LogP contribution < -0.4 is 0 Å². The van der Waals surface area contributed by atoms with Crippen molar-refractivity contribution in [3.63, 3.8) is 0 Å². The van der Waals surface area contributed by atoms with Crippen LogP contribution in [0.5, 0.6) is 0 Å². The van der Waals surface area contributed by atoms with Crippen molar-refractivity contribution in [1.29, 1.82) is 0 Å². The number of esters is 1. The fourth-order valence-corrected chi connectivity index (χ4v) is 1.96. The Kier molecular flexibility index (Phi) is 6.30. The van der Waals surface area contributed by atoms with Crippen molar-refractivity contribution in [2.45, 2.75) is 27.4 Å². The number of nitrogens with zero attached hydrogens (tertiary/aromatic N) is 1. The van der Waals surface area contributed by atoms with Gasteiger partial charge in [0.2, 0.25) is 0 Å². The summed E-state index contributed by atoms with van der Waals surface area (Å²) in [5, 5.41) is 9.44. The molecule has 6 heteroatoms. The third-order valence-electron chi connectivity index (χ3n) is 2.57. The molecule has 0 aliphatic heterocycles. The zero-order chi connectivity index (χ0) is 16.0. The van der Waals surface area contributed by atoms with Crippen molar-refractivity contribution in [2.24, 2.45) is 4.99 Å². The Bertz CT molecular complexity index is 616. The largest absolute Gasteiger partial charge is 0.512 e. The highest BCUT2D eigenvalue weighted by molar-refractivity contribution is 9.10. The van der Waals surface area contributed by atoms with Gasteiger partial charge in [-0.2, -0.15) is 0 Å². The number of carbonyl (C=O) groups is 2. The predicted molar refractivity (Wildman–Crippen MR) is 83.8 cm³/mol. The molecule has 0 atom stereocenters. The SMILES string of the molecule is CC(=O)OCc1cc(Br)ccc1N=CC(C(C)=O)=C(C)O.